The van der Waals surface area contributed by atoms with Gasteiger partial charge < -0.3 is 10.2 Å². The van der Waals surface area contributed by atoms with Crippen LogP contribution in [0.3, 0.4) is 0 Å². The molecule has 0 aromatic carbocycles. The lowest BCUT2D eigenvalue weighted by Crippen LogP contribution is -2.40. The quantitative estimate of drug-likeness (QED) is 0.785. The van der Waals surface area contributed by atoms with Crippen molar-refractivity contribution in [1.82, 2.24) is 19.8 Å². The van der Waals surface area contributed by atoms with Gasteiger partial charge in [0.25, 0.3) is 5.56 Å². The second-order valence-electron chi connectivity index (χ2n) is 7.66. The first-order chi connectivity index (χ1) is 12.4. The largest absolute Gasteiger partial charge is 0.354 e. The molecule has 3 heterocycles. The number of carbonyl (C=O) groups is 1. The first-order valence-corrected chi connectivity index (χ1v) is 10.2. The summed E-state index contributed by atoms with van der Waals surface area (Å²) in [6, 6.07) is 1.84. The molecule has 6 nitrogen and oxygen atoms in total. The van der Waals surface area contributed by atoms with E-state index in [1.165, 1.54) is 28.7 Å². The molecule has 1 saturated heterocycles. The Hall–Kier alpha value is -1.73. The van der Waals surface area contributed by atoms with Crippen LogP contribution in [0.25, 0.3) is 10.2 Å². The maximum atomic E-state index is 12.4. The maximum Gasteiger partial charge on any atom is 0.262 e. The van der Waals surface area contributed by atoms with Crippen molar-refractivity contribution in [1.29, 1.82) is 0 Å². The Morgan fingerprint density at radius 1 is 1.35 bits per heavy atom. The second-order valence-corrected chi connectivity index (χ2v) is 8.90. The molecular weight excluding hydrogens is 348 g/mol. The Kier molecular flexibility index (Phi) is 6.09. The van der Waals surface area contributed by atoms with Crippen LogP contribution in [0.5, 0.6) is 0 Å². The highest BCUT2D eigenvalue weighted by atomic mass is 32.1. The molecular formula is C19H28N4O2S. The summed E-state index contributed by atoms with van der Waals surface area (Å²) in [5, 5.41) is 3.52. The van der Waals surface area contributed by atoms with Gasteiger partial charge in [0.05, 0.1) is 11.7 Å². The minimum atomic E-state index is -0.147. The van der Waals surface area contributed by atoms with E-state index in [0.29, 0.717) is 11.9 Å². The number of aromatic nitrogens is 2. The Balaban J connectivity index is 1.46. The number of hydrogen-bond donors (Lipinski definition) is 1. The van der Waals surface area contributed by atoms with Crippen molar-refractivity contribution in [2.45, 2.75) is 40.2 Å². The number of nitrogens with one attached hydrogen (secondary N) is 1. The molecule has 0 saturated carbocycles. The molecule has 0 aliphatic carbocycles. The van der Waals surface area contributed by atoms with Crippen LogP contribution in [0.15, 0.2) is 17.2 Å². The SMILES string of the molecule is Cc1cc2c(=O)n(CC(=O)NCCCN3C[C@H](C)C[C@@H](C)C3)cnc2s1. The fraction of sp³-hybridized carbons (Fsp3) is 0.632. The molecule has 7 heteroatoms. The highest BCUT2D eigenvalue weighted by Crippen LogP contribution is 2.21. The molecule has 3 rings (SSSR count). The smallest absolute Gasteiger partial charge is 0.262 e. The third-order valence-corrected chi connectivity index (χ3v) is 5.83. The summed E-state index contributed by atoms with van der Waals surface area (Å²) in [4.78, 5) is 33.1. The fourth-order valence-corrected chi connectivity index (χ4v) is 4.75. The van der Waals surface area contributed by atoms with Crippen molar-refractivity contribution in [2.75, 3.05) is 26.2 Å². The molecule has 2 aromatic rings. The molecule has 0 unspecified atom stereocenters. The number of fused-ring (bicyclic) bond motifs is 1. The Morgan fingerprint density at radius 2 is 2.08 bits per heavy atom. The van der Waals surface area contributed by atoms with E-state index in [9.17, 15) is 9.59 Å². The van der Waals surface area contributed by atoms with Gasteiger partial charge in [-0.05, 0) is 44.2 Å². The lowest BCUT2D eigenvalue weighted by Gasteiger charge is -2.34. The average molecular weight is 377 g/mol. The number of likely N-dealkylation sites (tertiary alicyclic amines) is 1. The zero-order chi connectivity index (χ0) is 18.7. The minimum Gasteiger partial charge on any atom is -0.354 e. The van der Waals surface area contributed by atoms with E-state index in [1.807, 2.05) is 13.0 Å². The summed E-state index contributed by atoms with van der Waals surface area (Å²) in [6.45, 7) is 10.5. The van der Waals surface area contributed by atoms with Gasteiger partial charge in [-0.25, -0.2) is 4.98 Å². The molecule has 1 amide bonds. The predicted molar refractivity (Wildman–Crippen MR) is 106 cm³/mol. The van der Waals surface area contributed by atoms with E-state index < -0.39 is 0 Å². The average Bonchev–Trinajstić information content (AvgIpc) is 2.95. The van der Waals surface area contributed by atoms with Crippen LogP contribution >= 0.6 is 11.3 Å². The normalized spacial score (nSPS) is 21.2. The summed E-state index contributed by atoms with van der Waals surface area (Å²) in [6.07, 6.45) is 3.71. The number of rotatable bonds is 6. The van der Waals surface area contributed by atoms with Crippen LogP contribution in [-0.4, -0.2) is 46.5 Å². The highest BCUT2D eigenvalue weighted by Gasteiger charge is 2.21. The molecule has 0 bridgehead atoms. The summed E-state index contributed by atoms with van der Waals surface area (Å²) in [7, 11) is 0. The van der Waals surface area contributed by atoms with Crippen molar-refractivity contribution >= 4 is 27.5 Å². The van der Waals surface area contributed by atoms with Crippen molar-refractivity contribution < 1.29 is 4.79 Å². The Morgan fingerprint density at radius 3 is 2.81 bits per heavy atom. The van der Waals surface area contributed by atoms with Gasteiger partial charge in [-0.1, -0.05) is 13.8 Å². The van der Waals surface area contributed by atoms with Crippen LogP contribution in [0, 0.1) is 18.8 Å². The molecule has 26 heavy (non-hydrogen) atoms. The van der Waals surface area contributed by atoms with Crippen LogP contribution in [0.4, 0.5) is 0 Å². The Bertz CT molecular complexity index is 819. The third-order valence-electron chi connectivity index (χ3n) is 4.87. The van der Waals surface area contributed by atoms with E-state index in [-0.39, 0.29) is 18.0 Å². The standard InChI is InChI=1S/C19H28N4O2S/c1-13-7-14(2)10-22(9-13)6-4-5-20-17(24)11-23-12-21-18-16(19(23)25)8-15(3)26-18/h8,12-14H,4-7,9-11H2,1-3H3,(H,20,24)/t13-,14-/m1/s1. The predicted octanol–water partition coefficient (Wildman–Crippen LogP) is 2.25. The van der Waals surface area contributed by atoms with Gasteiger partial charge in [-0.3, -0.25) is 14.2 Å². The molecule has 142 valence electrons. The first-order valence-electron chi connectivity index (χ1n) is 9.37. The van der Waals surface area contributed by atoms with Crippen LogP contribution in [-0.2, 0) is 11.3 Å². The number of thiophene rings is 1. The zero-order valence-electron chi connectivity index (χ0n) is 15.8. The van der Waals surface area contributed by atoms with Gasteiger partial charge in [-0.15, -0.1) is 11.3 Å². The van der Waals surface area contributed by atoms with Crippen molar-refractivity contribution in [2.24, 2.45) is 11.8 Å². The lowest BCUT2D eigenvalue weighted by molar-refractivity contribution is -0.121. The topological polar surface area (TPSA) is 67.2 Å². The van der Waals surface area contributed by atoms with Gasteiger partial charge in [-0.2, -0.15) is 0 Å². The van der Waals surface area contributed by atoms with Crippen molar-refractivity contribution in [3.8, 4) is 0 Å². The summed E-state index contributed by atoms with van der Waals surface area (Å²) < 4.78 is 1.39. The number of aryl methyl sites for hydroxylation is 1. The van der Waals surface area contributed by atoms with Gasteiger partial charge in [0.2, 0.25) is 5.91 Å². The van der Waals surface area contributed by atoms with Crippen molar-refractivity contribution in [3.05, 3.63) is 27.6 Å². The number of amides is 1. The number of hydrogen-bond acceptors (Lipinski definition) is 5. The third kappa shape index (κ3) is 4.71. The summed E-state index contributed by atoms with van der Waals surface area (Å²) >= 11 is 1.49. The second kappa shape index (κ2) is 8.31. The van der Waals surface area contributed by atoms with Crippen LogP contribution < -0.4 is 10.9 Å². The van der Waals surface area contributed by atoms with Gasteiger partial charge in [0.1, 0.15) is 11.4 Å². The number of nitrogens with zero attached hydrogens (tertiary/aromatic N) is 3. The Labute approximate surface area is 158 Å². The van der Waals surface area contributed by atoms with Gasteiger partial charge in [0.15, 0.2) is 0 Å². The molecule has 0 spiro atoms. The zero-order valence-corrected chi connectivity index (χ0v) is 16.6. The van der Waals surface area contributed by atoms with E-state index in [2.05, 4.69) is 29.0 Å². The molecule has 2 atom stereocenters. The fourth-order valence-electron chi connectivity index (χ4n) is 3.91. The van der Waals surface area contributed by atoms with E-state index >= 15 is 0 Å². The van der Waals surface area contributed by atoms with E-state index in [1.54, 1.807) is 0 Å². The lowest BCUT2D eigenvalue weighted by atomic mass is 9.92. The van der Waals surface area contributed by atoms with Crippen LogP contribution in [0.1, 0.15) is 31.6 Å². The monoisotopic (exact) mass is 376 g/mol. The van der Waals surface area contributed by atoms with Gasteiger partial charge >= 0.3 is 0 Å². The molecule has 1 aliphatic heterocycles. The van der Waals surface area contributed by atoms with E-state index in [0.717, 1.165) is 47.6 Å². The molecule has 0 radical (unpaired) electrons. The summed E-state index contributed by atoms with van der Waals surface area (Å²) in [5.74, 6) is 1.37. The summed E-state index contributed by atoms with van der Waals surface area (Å²) in [5.41, 5.74) is -0.147. The minimum absolute atomic E-state index is 0.0223. The number of carbonyl (C=O) groups excluding carboxylic acids is 1. The van der Waals surface area contributed by atoms with Crippen LogP contribution in [0.2, 0.25) is 0 Å². The molecule has 1 fully saturated rings. The molecule has 1 N–H and O–H groups in total. The molecule has 2 aromatic heterocycles. The van der Waals surface area contributed by atoms with E-state index in [4.69, 9.17) is 0 Å². The number of piperidine rings is 1. The first kappa shape index (κ1) is 19.0. The maximum absolute atomic E-state index is 12.4. The van der Waals surface area contributed by atoms with Crippen molar-refractivity contribution in [3.63, 3.8) is 0 Å². The molecule has 1 aliphatic rings. The highest BCUT2D eigenvalue weighted by molar-refractivity contribution is 7.18. The van der Waals surface area contributed by atoms with Gasteiger partial charge in [0, 0.05) is 24.5 Å².